The van der Waals surface area contributed by atoms with Gasteiger partial charge in [-0.15, -0.1) is 0 Å². The molecule has 2 heterocycles. The third kappa shape index (κ3) is 1.64. The Morgan fingerprint density at radius 2 is 1.93 bits per heavy atom. The van der Waals surface area contributed by atoms with Crippen molar-refractivity contribution in [1.29, 1.82) is 0 Å². The molecule has 0 aliphatic carbocycles. The lowest BCUT2D eigenvalue weighted by molar-refractivity contribution is -0.0627. The van der Waals surface area contributed by atoms with Crippen LogP contribution in [0.25, 0.3) is 0 Å². The Morgan fingerprint density at radius 1 is 1.20 bits per heavy atom. The van der Waals surface area contributed by atoms with E-state index >= 15 is 0 Å². The van der Waals surface area contributed by atoms with Gasteiger partial charge in [-0.25, -0.2) is 0 Å². The molecule has 4 nitrogen and oxygen atoms in total. The second kappa shape index (κ2) is 4.24. The van der Waals surface area contributed by atoms with Crippen LogP contribution in [0.1, 0.15) is 6.42 Å². The van der Waals surface area contributed by atoms with Crippen molar-refractivity contribution >= 4 is 0 Å². The van der Waals surface area contributed by atoms with E-state index in [4.69, 9.17) is 18.9 Å². The molecule has 2 aliphatic rings. The van der Waals surface area contributed by atoms with Gasteiger partial charge in [-0.1, -0.05) is 13.2 Å². The highest BCUT2D eigenvalue weighted by molar-refractivity contribution is 5.05. The number of rotatable bonds is 5. The Morgan fingerprint density at radius 3 is 2.53 bits per heavy atom. The molecule has 2 saturated heterocycles. The predicted octanol–water partition coefficient (Wildman–Crippen LogP) is 1.23. The van der Waals surface area contributed by atoms with Crippen molar-refractivity contribution in [2.45, 2.75) is 36.9 Å². The first-order valence-corrected chi connectivity index (χ1v) is 5.02. The summed E-state index contributed by atoms with van der Waals surface area (Å²) < 4.78 is 21.9. The van der Waals surface area contributed by atoms with Crippen molar-refractivity contribution in [3.8, 4) is 0 Å². The van der Waals surface area contributed by atoms with Gasteiger partial charge < -0.3 is 18.9 Å². The molecule has 5 atom stereocenters. The summed E-state index contributed by atoms with van der Waals surface area (Å²) in [5.41, 5.74) is 0. The van der Waals surface area contributed by atoms with Crippen molar-refractivity contribution in [3.05, 3.63) is 25.7 Å². The molecule has 0 N–H and O–H groups in total. The van der Waals surface area contributed by atoms with Crippen LogP contribution in [0.3, 0.4) is 0 Å². The van der Waals surface area contributed by atoms with Gasteiger partial charge in [-0.2, -0.15) is 0 Å². The van der Waals surface area contributed by atoms with E-state index in [0.29, 0.717) is 0 Å². The van der Waals surface area contributed by atoms with Gasteiger partial charge in [0.05, 0.1) is 12.5 Å². The van der Waals surface area contributed by atoms with Crippen LogP contribution in [0.2, 0.25) is 0 Å². The molecule has 2 rings (SSSR count). The van der Waals surface area contributed by atoms with E-state index in [1.54, 1.807) is 7.11 Å². The molecule has 2 bridgehead atoms. The quantitative estimate of drug-likeness (QED) is 0.642. The van der Waals surface area contributed by atoms with Crippen LogP contribution < -0.4 is 0 Å². The highest BCUT2D eigenvalue weighted by Gasteiger charge is 2.56. The second-order valence-corrected chi connectivity index (χ2v) is 3.68. The average molecular weight is 212 g/mol. The maximum Gasteiger partial charge on any atom is 0.153 e. The molecule has 0 radical (unpaired) electrons. The first-order valence-electron chi connectivity index (χ1n) is 5.02. The van der Waals surface area contributed by atoms with Crippen molar-refractivity contribution in [1.82, 2.24) is 0 Å². The van der Waals surface area contributed by atoms with E-state index in [9.17, 15) is 0 Å². The Kier molecular flexibility index (Phi) is 2.98. The molecule has 2 aliphatic heterocycles. The smallest absolute Gasteiger partial charge is 0.153 e. The molecule has 2 fully saturated rings. The minimum Gasteiger partial charge on any atom is -0.496 e. The monoisotopic (exact) mass is 212 g/mol. The summed E-state index contributed by atoms with van der Waals surface area (Å²) in [7, 11) is 1.65. The Hall–Kier alpha value is -1.00. The predicted molar refractivity (Wildman–Crippen MR) is 54.2 cm³/mol. The summed E-state index contributed by atoms with van der Waals surface area (Å²) in [4.78, 5) is 0. The van der Waals surface area contributed by atoms with Crippen LogP contribution >= 0.6 is 0 Å². The van der Waals surface area contributed by atoms with Crippen LogP contribution in [-0.4, -0.2) is 37.6 Å². The van der Waals surface area contributed by atoms with Gasteiger partial charge in [-0.3, -0.25) is 0 Å². The van der Waals surface area contributed by atoms with Gasteiger partial charge >= 0.3 is 0 Å². The Bertz CT molecular complexity index is 253. The zero-order valence-corrected chi connectivity index (χ0v) is 8.80. The molecule has 0 saturated carbocycles. The van der Waals surface area contributed by atoms with Gasteiger partial charge in [0.1, 0.15) is 24.4 Å². The summed E-state index contributed by atoms with van der Waals surface area (Å²) in [6.07, 6.45) is 3.53. The fraction of sp³-hybridized carbons (Fsp3) is 0.636. The lowest BCUT2D eigenvalue weighted by Gasteiger charge is -2.30. The summed E-state index contributed by atoms with van der Waals surface area (Å²) >= 11 is 0. The third-order valence-electron chi connectivity index (χ3n) is 2.97. The van der Waals surface area contributed by atoms with E-state index in [1.165, 1.54) is 12.5 Å². The first-order chi connectivity index (χ1) is 7.31. The summed E-state index contributed by atoms with van der Waals surface area (Å²) in [5, 5.41) is 0. The van der Waals surface area contributed by atoms with Crippen LogP contribution in [0.15, 0.2) is 25.7 Å². The third-order valence-corrected chi connectivity index (χ3v) is 2.97. The first kappa shape index (κ1) is 10.5. The van der Waals surface area contributed by atoms with Crippen LogP contribution in [0, 0.1) is 0 Å². The van der Waals surface area contributed by atoms with E-state index in [2.05, 4.69) is 13.2 Å². The molecular weight excluding hydrogens is 196 g/mol. The van der Waals surface area contributed by atoms with E-state index in [-0.39, 0.29) is 30.5 Å². The number of hydrogen-bond donors (Lipinski definition) is 0. The van der Waals surface area contributed by atoms with Crippen LogP contribution in [0.4, 0.5) is 0 Å². The second-order valence-electron chi connectivity index (χ2n) is 3.68. The van der Waals surface area contributed by atoms with E-state index < -0.39 is 0 Å². The van der Waals surface area contributed by atoms with Gasteiger partial charge in [0.25, 0.3) is 0 Å². The Labute approximate surface area is 89.5 Å². The van der Waals surface area contributed by atoms with E-state index in [0.717, 1.165) is 6.42 Å². The van der Waals surface area contributed by atoms with Gasteiger partial charge in [0.15, 0.2) is 6.10 Å². The average Bonchev–Trinajstić information content (AvgIpc) is 2.76. The zero-order valence-electron chi connectivity index (χ0n) is 8.80. The van der Waals surface area contributed by atoms with Crippen molar-refractivity contribution in [2.24, 2.45) is 0 Å². The maximum absolute atomic E-state index is 5.74. The highest BCUT2D eigenvalue weighted by atomic mass is 16.6. The molecule has 5 unspecified atom stereocenters. The number of methoxy groups -OCH3 is 1. The topological polar surface area (TPSA) is 36.9 Å². The molecule has 4 heteroatoms. The molecule has 0 aromatic heterocycles. The van der Waals surface area contributed by atoms with Crippen LogP contribution in [0.5, 0.6) is 0 Å². The summed E-state index contributed by atoms with van der Waals surface area (Å²) in [5.74, 6) is 0. The molecule has 84 valence electrons. The zero-order chi connectivity index (χ0) is 10.8. The molecule has 0 spiro atoms. The number of fused-ring (bicyclic) bond motifs is 2. The lowest BCUT2D eigenvalue weighted by atomic mass is 9.92. The minimum atomic E-state index is -0.0910. The summed E-state index contributed by atoms with van der Waals surface area (Å²) in [6, 6.07) is 0. The highest BCUT2D eigenvalue weighted by Crippen LogP contribution is 2.39. The number of ether oxygens (including phenoxy) is 4. The molecule has 0 aromatic carbocycles. The molecule has 0 amide bonds. The van der Waals surface area contributed by atoms with Gasteiger partial charge in [0, 0.05) is 13.5 Å². The van der Waals surface area contributed by atoms with Gasteiger partial charge in [0.2, 0.25) is 0 Å². The minimum absolute atomic E-state index is 0.0297. The molecular formula is C11H16O4. The maximum atomic E-state index is 5.74. The van der Waals surface area contributed by atoms with Crippen molar-refractivity contribution in [2.75, 3.05) is 7.11 Å². The fourth-order valence-electron chi connectivity index (χ4n) is 2.41. The molecule has 0 aromatic rings. The fourth-order valence-corrected chi connectivity index (χ4v) is 2.41. The SMILES string of the molecule is C=COC1CC2OC1C(OC)C2OC=C. The van der Waals surface area contributed by atoms with Crippen LogP contribution in [-0.2, 0) is 18.9 Å². The van der Waals surface area contributed by atoms with Crippen molar-refractivity contribution < 1.29 is 18.9 Å². The van der Waals surface area contributed by atoms with E-state index in [1.807, 2.05) is 0 Å². The molecule has 15 heavy (non-hydrogen) atoms. The van der Waals surface area contributed by atoms with Gasteiger partial charge in [-0.05, 0) is 0 Å². The largest absolute Gasteiger partial charge is 0.496 e. The normalized spacial score (nSPS) is 42.6. The Balaban J connectivity index is 2.05. The number of hydrogen-bond acceptors (Lipinski definition) is 4. The van der Waals surface area contributed by atoms with Crippen molar-refractivity contribution in [3.63, 3.8) is 0 Å². The lowest BCUT2D eigenvalue weighted by Crippen LogP contribution is -2.46. The standard InChI is InChI=1S/C11H16O4/c1-4-13-7-6-8-9(14-5-2)11(12-3)10(7)15-8/h4-5,7-11H,1-2,6H2,3H3. The summed E-state index contributed by atoms with van der Waals surface area (Å²) in [6.45, 7) is 7.10.